The summed E-state index contributed by atoms with van der Waals surface area (Å²) in [5, 5.41) is 11.4. The third-order valence-corrected chi connectivity index (χ3v) is 2.69. The van der Waals surface area contributed by atoms with Gasteiger partial charge in [-0.3, -0.25) is 4.79 Å². The van der Waals surface area contributed by atoms with Crippen LogP contribution in [0.25, 0.3) is 0 Å². The molecule has 0 aliphatic rings. The number of nitrogens with one attached hydrogen (secondary N) is 1. The Kier molecular flexibility index (Phi) is 9.06. The lowest BCUT2D eigenvalue weighted by Gasteiger charge is -2.26. The van der Waals surface area contributed by atoms with E-state index in [2.05, 4.69) is 12.2 Å². The van der Waals surface area contributed by atoms with E-state index in [-0.39, 0.29) is 18.5 Å². The number of carbonyl (C=O) groups is 2. The number of urea groups is 1. The Hall–Kier alpha value is -1.26. The van der Waals surface area contributed by atoms with E-state index >= 15 is 0 Å². The lowest BCUT2D eigenvalue weighted by molar-refractivity contribution is -0.137. The number of carbonyl (C=O) groups excluding carboxylic acids is 1. The SMILES string of the molecule is CCCN(C(=O)NCCCCCC(=O)O)C(C)C. The number of unbranched alkanes of at least 4 members (excludes halogenated alkanes) is 2. The van der Waals surface area contributed by atoms with Gasteiger partial charge in [0.1, 0.15) is 0 Å². The van der Waals surface area contributed by atoms with Gasteiger partial charge in [0.15, 0.2) is 0 Å². The van der Waals surface area contributed by atoms with Crippen molar-refractivity contribution in [3.63, 3.8) is 0 Å². The van der Waals surface area contributed by atoms with Crippen LogP contribution in [0, 0.1) is 0 Å². The molecule has 0 aliphatic carbocycles. The summed E-state index contributed by atoms with van der Waals surface area (Å²) >= 11 is 0. The summed E-state index contributed by atoms with van der Waals surface area (Å²) in [5.41, 5.74) is 0. The predicted molar refractivity (Wildman–Crippen MR) is 71.6 cm³/mol. The van der Waals surface area contributed by atoms with Crippen LogP contribution in [-0.2, 0) is 4.79 Å². The number of hydrogen-bond acceptors (Lipinski definition) is 2. The molecule has 0 radical (unpaired) electrons. The van der Waals surface area contributed by atoms with Gasteiger partial charge in [-0.05, 0) is 33.1 Å². The van der Waals surface area contributed by atoms with Gasteiger partial charge in [-0.15, -0.1) is 0 Å². The third kappa shape index (κ3) is 7.92. The number of carboxylic acids is 1. The predicted octanol–water partition coefficient (Wildman–Crippen LogP) is 2.46. The van der Waals surface area contributed by atoms with E-state index in [1.807, 2.05) is 18.7 Å². The molecule has 0 rings (SSSR count). The first kappa shape index (κ1) is 16.7. The maximum atomic E-state index is 11.8. The Balaban J connectivity index is 3.70. The van der Waals surface area contributed by atoms with Crippen molar-refractivity contribution in [1.82, 2.24) is 10.2 Å². The Morgan fingerprint density at radius 1 is 1.22 bits per heavy atom. The smallest absolute Gasteiger partial charge is 0.317 e. The number of aliphatic carboxylic acids is 1. The molecule has 0 unspecified atom stereocenters. The number of nitrogens with zero attached hydrogens (tertiary/aromatic N) is 1. The van der Waals surface area contributed by atoms with Crippen molar-refractivity contribution in [2.24, 2.45) is 0 Å². The zero-order valence-corrected chi connectivity index (χ0v) is 11.7. The number of carboxylic acid groups (broad SMARTS) is 1. The van der Waals surface area contributed by atoms with Crippen molar-refractivity contribution >= 4 is 12.0 Å². The van der Waals surface area contributed by atoms with E-state index in [4.69, 9.17) is 5.11 Å². The monoisotopic (exact) mass is 258 g/mol. The Morgan fingerprint density at radius 3 is 2.39 bits per heavy atom. The van der Waals surface area contributed by atoms with Gasteiger partial charge in [0.2, 0.25) is 0 Å². The second-order valence-electron chi connectivity index (χ2n) is 4.72. The third-order valence-electron chi connectivity index (χ3n) is 2.69. The highest BCUT2D eigenvalue weighted by atomic mass is 16.4. The average molecular weight is 258 g/mol. The van der Waals surface area contributed by atoms with Crippen LogP contribution in [0.1, 0.15) is 52.9 Å². The summed E-state index contributed by atoms with van der Waals surface area (Å²) in [4.78, 5) is 24.0. The fourth-order valence-electron chi connectivity index (χ4n) is 1.71. The van der Waals surface area contributed by atoms with Gasteiger partial charge in [-0.2, -0.15) is 0 Å². The molecule has 0 fully saturated rings. The molecular formula is C13H26N2O3. The number of amides is 2. The lowest BCUT2D eigenvalue weighted by atomic mass is 10.2. The van der Waals surface area contributed by atoms with E-state index in [9.17, 15) is 9.59 Å². The molecule has 0 heterocycles. The molecule has 0 aromatic carbocycles. The van der Waals surface area contributed by atoms with Crippen LogP contribution in [0.5, 0.6) is 0 Å². The van der Waals surface area contributed by atoms with Gasteiger partial charge in [-0.1, -0.05) is 13.3 Å². The standard InChI is InChI=1S/C13H26N2O3/c1-4-10-15(11(2)3)13(18)14-9-7-5-6-8-12(16)17/h11H,4-10H2,1-3H3,(H,14,18)(H,16,17). The van der Waals surface area contributed by atoms with Gasteiger partial charge >= 0.3 is 12.0 Å². The summed E-state index contributed by atoms with van der Waals surface area (Å²) in [6.45, 7) is 7.44. The van der Waals surface area contributed by atoms with Crippen LogP contribution in [0.2, 0.25) is 0 Å². The van der Waals surface area contributed by atoms with Crippen molar-refractivity contribution in [2.45, 2.75) is 58.9 Å². The van der Waals surface area contributed by atoms with Crippen LogP contribution >= 0.6 is 0 Å². The zero-order valence-electron chi connectivity index (χ0n) is 11.7. The molecular weight excluding hydrogens is 232 g/mol. The second-order valence-corrected chi connectivity index (χ2v) is 4.72. The Bertz CT molecular complexity index is 255. The molecule has 5 heteroatoms. The molecule has 0 atom stereocenters. The molecule has 0 saturated heterocycles. The molecule has 2 amide bonds. The zero-order chi connectivity index (χ0) is 14.0. The minimum atomic E-state index is -0.757. The molecule has 2 N–H and O–H groups in total. The first-order valence-electron chi connectivity index (χ1n) is 6.75. The molecule has 0 saturated carbocycles. The van der Waals surface area contributed by atoms with Crippen LogP contribution < -0.4 is 5.32 Å². The largest absolute Gasteiger partial charge is 0.481 e. The van der Waals surface area contributed by atoms with E-state index < -0.39 is 5.97 Å². The first-order valence-corrected chi connectivity index (χ1v) is 6.75. The summed E-state index contributed by atoms with van der Waals surface area (Å²) < 4.78 is 0. The van der Waals surface area contributed by atoms with Crippen LogP contribution in [0.3, 0.4) is 0 Å². The van der Waals surface area contributed by atoms with Crippen LogP contribution in [0.15, 0.2) is 0 Å². The molecule has 106 valence electrons. The number of hydrogen-bond donors (Lipinski definition) is 2. The Labute approximate surface area is 110 Å². The highest BCUT2D eigenvalue weighted by molar-refractivity contribution is 5.74. The van der Waals surface area contributed by atoms with Crippen molar-refractivity contribution in [3.8, 4) is 0 Å². The van der Waals surface area contributed by atoms with E-state index in [1.54, 1.807) is 0 Å². The fourth-order valence-corrected chi connectivity index (χ4v) is 1.71. The topological polar surface area (TPSA) is 69.6 Å². The molecule has 0 spiro atoms. The number of rotatable bonds is 9. The molecule has 0 aromatic rings. The van der Waals surface area contributed by atoms with Gasteiger partial charge in [-0.25, -0.2) is 4.79 Å². The first-order chi connectivity index (χ1) is 8.49. The summed E-state index contributed by atoms with van der Waals surface area (Å²) in [6.07, 6.45) is 3.50. The van der Waals surface area contributed by atoms with E-state index in [0.29, 0.717) is 13.0 Å². The maximum Gasteiger partial charge on any atom is 0.317 e. The highest BCUT2D eigenvalue weighted by Gasteiger charge is 2.14. The van der Waals surface area contributed by atoms with Crippen molar-refractivity contribution in [1.29, 1.82) is 0 Å². The average Bonchev–Trinajstić information content (AvgIpc) is 2.29. The van der Waals surface area contributed by atoms with Gasteiger partial charge in [0.25, 0.3) is 0 Å². The van der Waals surface area contributed by atoms with Crippen molar-refractivity contribution in [3.05, 3.63) is 0 Å². The van der Waals surface area contributed by atoms with Gasteiger partial charge in [0.05, 0.1) is 0 Å². The minimum absolute atomic E-state index is 0.0231. The van der Waals surface area contributed by atoms with E-state index in [1.165, 1.54) is 0 Å². The highest BCUT2D eigenvalue weighted by Crippen LogP contribution is 2.02. The van der Waals surface area contributed by atoms with Gasteiger partial charge in [0, 0.05) is 25.6 Å². The van der Waals surface area contributed by atoms with Crippen LogP contribution in [-0.4, -0.2) is 41.1 Å². The van der Waals surface area contributed by atoms with Gasteiger partial charge < -0.3 is 15.3 Å². The summed E-state index contributed by atoms with van der Waals surface area (Å²) in [6, 6.07) is 0.182. The maximum absolute atomic E-state index is 11.8. The summed E-state index contributed by atoms with van der Waals surface area (Å²) in [5.74, 6) is -0.757. The van der Waals surface area contributed by atoms with Crippen molar-refractivity contribution < 1.29 is 14.7 Å². The van der Waals surface area contributed by atoms with Crippen LogP contribution in [0.4, 0.5) is 4.79 Å². The summed E-state index contributed by atoms with van der Waals surface area (Å²) in [7, 11) is 0. The normalized spacial score (nSPS) is 10.4. The molecule has 0 bridgehead atoms. The minimum Gasteiger partial charge on any atom is -0.481 e. The molecule has 18 heavy (non-hydrogen) atoms. The van der Waals surface area contributed by atoms with E-state index in [0.717, 1.165) is 25.8 Å². The lowest BCUT2D eigenvalue weighted by Crippen LogP contribution is -2.44. The van der Waals surface area contributed by atoms with Crippen molar-refractivity contribution in [2.75, 3.05) is 13.1 Å². The molecule has 0 aliphatic heterocycles. The molecule has 0 aromatic heterocycles. The Morgan fingerprint density at radius 2 is 1.89 bits per heavy atom. The fraction of sp³-hybridized carbons (Fsp3) is 0.846. The molecule has 5 nitrogen and oxygen atoms in total. The quantitative estimate of drug-likeness (QED) is 0.624. The second kappa shape index (κ2) is 9.74.